The molecule has 1 amide bonds. The van der Waals surface area contributed by atoms with Crippen molar-refractivity contribution >= 4 is 23.6 Å². The molecule has 4 rings (SSSR count). The molecule has 0 aromatic heterocycles. The molecule has 0 atom stereocenters. The molecular weight excluding hydrogens is 442 g/mol. The van der Waals surface area contributed by atoms with Crippen molar-refractivity contribution in [3.05, 3.63) is 101 Å². The lowest BCUT2D eigenvalue weighted by atomic mass is 10.1. The van der Waals surface area contributed by atoms with Gasteiger partial charge in [0.05, 0.1) is 5.56 Å². The van der Waals surface area contributed by atoms with E-state index in [1.165, 1.54) is 12.1 Å². The van der Waals surface area contributed by atoms with Crippen LogP contribution in [0, 0.1) is 11.3 Å². The first kappa shape index (κ1) is 23.6. The molecule has 176 valence electrons. The van der Waals surface area contributed by atoms with Crippen molar-refractivity contribution in [1.29, 1.82) is 5.26 Å². The number of carboxylic acid groups (broad SMARTS) is 1. The molecule has 35 heavy (non-hydrogen) atoms. The molecule has 1 aliphatic rings. The maximum Gasteiger partial charge on any atom is 0.335 e. The van der Waals surface area contributed by atoms with E-state index in [-0.39, 0.29) is 23.7 Å². The Hall–Kier alpha value is -4.57. The third-order valence-corrected chi connectivity index (χ3v) is 5.85. The molecule has 1 saturated heterocycles. The van der Waals surface area contributed by atoms with Gasteiger partial charge < -0.3 is 19.6 Å². The summed E-state index contributed by atoms with van der Waals surface area (Å²) in [6.07, 6.45) is 1.56. The van der Waals surface area contributed by atoms with Gasteiger partial charge in [-0.25, -0.2) is 4.79 Å². The Morgan fingerprint density at radius 3 is 2.23 bits per heavy atom. The van der Waals surface area contributed by atoms with Gasteiger partial charge in [-0.3, -0.25) is 4.79 Å². The highest BCUT2D eigenvalue weighted by Gasteiger charge is 2.24. The molecule has 0 spiro atoms. The molecule has 3 aromatic carbocycles. The second kappa shape index (κ2) is 11.0. The van der Waals surface area contributed by atoms with Crippen LogP contribution in [0.1, 0.15) is 21.5 Å². The maximum absolute atomic E-state index is 13.1. The average molecular weight is 468 g/mol. The molecule has 0 unspecified atom stereocenters. The van der Waals surface area contributed by atoms with Crippen LogP contribution in [-0.4, -0.2) is 48.1 Å². The van der Waals surface area contributed by atoms with Gasteiger partial charge in [0.25, 0.3) is 5.91 Å². The van der Waals surface area contributed by atoms with Crippen LogP contribution in [0.2, 0.25) is 0 Å². The first-order valence-electron chi connectivity index (χ1n) is 11.3. The first-order chi connectivity index (χ1) is 17.0. The van der Waals surface area contributed by atoms with Gasteiger partial charge in [0, 0.05) is 37.4 Å². The highest BCUT2D eigenvalue weighted by atomic mass is 16.5. The van der Waals surface area contributed by atoms with Crippen LogP contribution in [0.5, 0.6) is 5.75 Å². The molecule has 7 nitrogen and oxygen atoms in total. The van der Waals surface area contributed by atoms with Crippen molar-refractivity contribution < 1.29 is 19.4 Å². The van der Waals surface area contributed by atoms with Crippen LogP contribution < -0.4 is 9.64 Å². The molecule has 0 aliphatic carbocycles. The van der Waals surface area contributed by atoms with E-state index in [1.807, 2.05) is 30.3 Å². The van der Waals surface area contributed by atoms with Crippen LogP contribution in [0.4, 0.5) is 5.69 Å². The molecule has 0 saturated carbocycles. The summed E-state index contributed by atoms with van der Waals surface area (Å²) in [6.45, 7) is 2.71. The van der Waals surface area contributed by atoms with Crippen LogP contribution in [0.3, 0.4) is 0 Å². The van der Waals surface area contributed by atoms with Gasteiger partial charge in [-0.15, -0.1) is 0 Å². The second-order valence-electron chi connectivity index (χ2n) is 8.11. The summed E-state index contributed by atoms with van der Waals surface area (Å²) in [5.74, 6) is -0.744. The fraction of sp³-hybridized carbons (Fsp3) is 0.179. The molecule has 0 radical (unpaired) electrons. The number of carbonyl (C=O) groups is 2. The van der Waals surface area contributed by atoms with E-state index < -0.39 is 5.97 Å². The number of para-hydroxylation sites is 2. The molecule has 1 heterocycles. The maximum atomic E-state index is 13.1. The first-order valence-corrected chi connectivity index (χ1v) is 11.3. The summed E-state index contributed by atoms with van der Waals surface area (Å²) in [4.78, 5) is 28.0. The van der Waals surface area contributed by atoms with Gasteiger partial charge >= 0.3 is 5.97 Å². The number of carboxylic acids is 1. The standard InChI is InChI=1S/C28H25N3O4/c29-19-24(27(32)31-16-14-30(15-17-31)25-7-2-1-3-8-25)18-23-6-4-5-9-26(23)35-20-21-10-12-22(13-11-21)28(33)34/h1-13,18H,14-17,20H2,(H,33,34)/b24-18-. The van der Waals surface area contributed by atoms with Crippen molar-refractivity contribution in [3.8, 4) is 11.8 Å². The van der Waals surface area contributed by atoms with E-state index in [9.17, 15) is 14.9 Å². The Morgan fingerprint density at radius 1 is 0.914 bits per heavy atom. The average Bonchev–Trinajstić information content (AvgIpc) is 2.91. The molecule has 1 fully saturated rings. The van der Waals surface area contributed by atoms with Crippen molar-refractivity contribution in [1.82, 2.24) is 4.90 Å². The molecule has 0 bridgehead atoms. The Kier molecular flexibility index (Phi) is 7.44. The Bertz CT molecular complexity index is 1260. The zero-order valence-corrected chi connectivity index (χ0v) is 19.1. The SMILES string of the molecule is N#C/C(=C/c1ccccc1OCc1ccc(C(=O)O)cc1)C(=O)N1CCN(c2ccccc2)CC1. The van der Waals surface area contributed by atoms with Gasteiger partial charge in [-0.05, 0) is 42.0 Å². The van der Waals surface area contributed by atoms with Crippen LogP contribution in [0.15, 0.2) is 84.4 Å². The zero-order valence-electron chi connectivity index (χ0n) is 19.1. The van der Waals surface area contributed by atoms with Gasteiger partial charge in [0.15, 0.2) is 0 Å². The molecule has 7 heteroatoms. The lowest BCUT2D eigenvalue weighted by Gasteiger charge is -2.36. The fourth-order valence-corrected chi connectivity index (χ4v) is 3.91. The number of ether oxygens (including phenoxy) is 1. The van der Waals surface area contributed by atoms with E-state index in [0.29, 0.717) is 37.5 Å². The van der Waals surface area contributed by atoms with Crippen molar-refractivity contribution in [3.63, 3.8) is 0 Å². The number of nitrogens with zero attached hydrogens (tertiary/aromatic N) is 3. The largest absolute Gasteiger partial charge is 0.488 e. The third kappa shape index (κ3) is 5.87. The quantitative estimate of drug-likeness (QED) is 0.413. The highest BCUT2D eigenvalue weighted by molar-refractivity contribution is 6.02. The number of anilines is 1. The van der Waals surface area contributed by atoms with E-state index >= 15 is 0 Å². The summed E-state index contributed by atoms with van der Waals surface area (Å²) in [6, 6.07) is 25.8. The molecular formula is C28H25N3O4. The Morgan fingerprint density at radius 2 is 1.57 bits per heavy atom. The minimum Gasteiger partial charge on any atom is -0.488 e. The van der Waals surface area contributed by atoms with Gasteiger partial charge in [-0.1, -0.05) is 48.5 Å². The molecule has 3 aromatic rings. The van der Waals surface area contributed by atoms with Crippen LogP contribution in [0.25, 0.3) is 6.08 Å². The second-order valence-corrected chi connectivity index (χ2v) is 8.11. The van der Waals surface area contributed by atoms with Crippen molar-refractivity contribution in [2.24, 2.45) is 0 Å². The molecule has 1 aliphatic heterocycles. The lowest BCUT2D eigenvalue weighted by molar-refractivity contribution is -0.126. The smallest absolute Gasteiger partial charge is 0.335 e. The summed E-state index contributed by atoms with van der Waals surface area (Å²) in [5, 5.41) is 18.8. The number of carbonyl (C=O) groups excluding carboxylic acids is 1. The number of benzene rings is 3. The summed E-state index contributed by atoms with van der Waals surface area (Å²) < 4.78 is 5.92. The predicted molar refractivity (Wildman–Crippen MR) is 133 cm³/mol. The summed E-state index contributed by atoms with van der Waals surface area (Å²) >= 11 is 0. The van der Waals surface area contributed by atoms with Crippen molar-refractivity contribution in [2.75, 3.05) is 31.1 Å². The number of rotatable bonds is 7. The third-order valence-electron chi connectivity index (χ3n) is 5.85. The number of hydrogen-bond donors (Lipinski definition) is 1. The number of nitriles is 1. The van der Waals surface area contributed by atoms with Crippen LogP contribution >= 0.6 is 0 Å². The summed E-state index contributed by atoms with van der Waals surface area (Å²) in [7, 11) is 0. The van der Waals surface area contributed by atoms with Gasteiger partial charge in [0.1, 0.15) is 24.0 Å². The minimum absolute atomic E-state index is 0.0556. The van der Waals surface area contributed by atoms with E-state index in [4.69, 9.17) is 9.84 Å². The van der Waals surface area contributed by atoms with E-state index in [0.717, 1.165) is 11.3 Å². The monoisotopic (exact) mass is 467 g/mol. The fourth-order valence-electron chi connectivity index (χ4n) is 3.91. The van der Waals surface area contributed by atoms with Gasteiger partial charge in [0.2, 0.25) is 0 Å². The summed E-state index contributed by atoms with van der Waals surface area (Å²) in [5.41, 5.74) is 2.82. The highest BCUT2D eigenvalue weighted by Crippen LogP contribution is 2.23. The Labute approximate surface area is 204 Å². The van der Waals surface area contributed by atoms with Gasteiger partial charge in [-0.2, -0.15) is 5.26 Å². The van der Waals surface area contributed by atoms with Crippen LogP contribution in [-0.2, 0) is 11.4 Å². The predicted octanol–water partition coefficient (Wildman–Crippen LogP) is 4.22. The zero-order chi connectivity index (χ0) is 24.6. The number of amides is 1. The number of piperazine rings is 1. The molecule has 1 N–H and O–H groups in total. The van der Waals surface area contributed by atoms with E-state index in [1.54, 1.807) is 35.2 Å². The normalized spacial score (nSPS) is 13.7. The number of hydrogen-bond acceptors (Lipinski definition) is 5. The lowest BCUT2D eigenvalue weighted by Crippen LogP contribution is -2.49. The minimum atomic E-state index is -0.983. The number of aromatic carboxylic acids is 1. The topological polar surface area (TPSA) is 93.9 Å². The Balaban J connectivity index is 1.43. The van der Waals surface area contributed by atoms with Crippen molar-refractivity contribution in [2.45, 2.75) is 6.61 Å². The van der Waals surface area contributed by atoms with E-state index in [2.05, 4.69) is 23.1 Å².